The Kier molecular flexibility index (Phi) is 5.51. The molecule has 0 amide bonds. The summed E-state index contributed by atoms with van der Waals surface area (Å²) in [5.74, 6) is 1.39. The van der Waals surface area contributed by atoms with Gasteiger partial charge in [0, 0.05) is 24.2 Å². The molecule has 1 aromatic heterocycles. The van der Waals surface area contributed by atoms with Crippen molar-refractivity contribution >= 4 is 22.3 Å². The first kappa shape index (κ1) is 19.7. The zero-order valence-electron chi connectivity index (χ0n) is 16.5. The number of methoxy groups -OCH3 is 1. The molecular weight excluding hydrogens is 388 g/mol. The van der Waals surface area contributed by atoms with E-state index in [9.17, 15) is 14.9 Å². The first-order valence-corrected chi connectivity index (χ1v) is 9.78. The van der Waals surface area contributed by atoms with Gasteiger partial charge < -0.3 is 19.8 Å². The first-order chi connectivity index (χ1) is 14.5. The van der Waals surface area contributed by atoms with Gasteiger partial charge in [0.15, 0.2) is 0 Å². The molecule has 0 radical (unpaired) electrons. The van der Waals surface area contributed by atoms with E-state index in [1.807, 2.05) is 18.2 Å². The molecule has 3 aromatic rings. The van der Waals surface area contributed by atoms with Crippen molar-refractivity contribution in [3.63, 3.8) is 0 Å². The Morgan fingerprint density at radius 2 is 2.07 bits per heavy atom. The second kappa shape index (κ2) is 8.40. The van der Waals surface area contributed by atoms with Crippen LogP contribution in [0.3, 0.4) is 0 Å². The number of hydrogen-bond acceptors (Lipinski definition) is 7. The van der Waals surface area contributed by atoms with Crippen LogP contribution in [-0.2, 0) is 6.54 Å². The maximum absolute atomic E-state index is 11.9. The molecule has 9 nitrogen and oxygen atoms in total. The van der Waals surface area contributed by atoms with Gasteiger partial charge in [0.25, 0.3) is 11.2 Å². The number of nitro groups is 1. The normalized spacial score (nSPS) is 14.0. The Labute approximate surface area is 172 Å². The molecule has 0 saturated heterocycles. The largest absolute Gasteiger partial charge is 0.497 e. The van der Waals surface area contributed by atoms with E-state index < -0.39 is 10.5 Å². The molecule has 4 rings (SSSR count). The van der Waals surface area contributed by atoms with E-state index in [2.05, 4.69) is 15.3 Å². The Balaban J connectivity index is 1.64. The fourth-order valence-electron chi connectivity index (χ4n) is 3.69. The highest BCUT2D eigenvalue weighted by Gasteiger charge is 2.20. The van der Waals surface area contributed by atoms with Crippen LogP contribution in [0, 0.1) is 10.1 Å². The standard InChI is InChI=1S/C21H22N4O5/c1-29-15-7-6-13(20(8-15)30-14-4-2-3-5-14)11-22-18-10-17-16(9-19(18)25(27)28)21(26)24-12-23-17/h6-10,12,14,22H,2-5,11H2,1H3,(H,23,24,26). The van der Waals surface area contributed by atoms with Crippen LogP contribution in [0.4, 0.5) is 11.4 Å². The van der Waals surface area contributed by atoms with Crippen LogP contribution in [0.25, 0.3) is 10.9 Å². The molecule has 156 valence electrons. The molecule has 1 heterocycles. The Hall–Kier alpha value is -3.62. The van der Waals surface area contributed by atoms with E-state index in [0.29, 0.717) is 23.6 Å². The van der Waals surface area contributed by atoms with Gasteiger partial charge in [-0.15, -0.1) is 0 Å². The van der Waals surface area contributed by atoms with Crippen molar-refractivity contribution < 1.29 is 14.4 Å². The SMILES string of the molecule is COc1ccc(CNc2cc3nc[nH]c(=O)c3cc2[N+](=O)[O-])c(OC2CCCC2)c1. The van der Waals surface area contributed by atoms with Gasteiger partial charge in [-0.3, -0.25) is 14.9 Å². The van der Waals surface area contributed by atoms with Crippen molar-refractivity contribution in [2.24, 2.45) is 0 Å². The van der Waals surface area contributed by atoms with Crippen LogP contribution >= 0.6 is 0 Å². The minimum absolute atomic E-state index is 0.168. The number of nitro benzene ring substituents is 1. The highest BCUT2D eigenvalue weighted by Crippen LogP contribution is 2.32. The predicted molar refractivity (Wildman–Crippen MR) is 112 cm³/mol. The molecule has 30 heavy (non-hydrogen) atoms. The number of hydrogen-bond donors (Lipinski definition) is 2. The highest BCUT2D eigenvalue weighted by molar-refractivity contribution is 5.86. The highest BCUT2D eigenvalue weighted by atomic mass is 16.6. The van der Waals surface area contributed by atoms with Crippen molar-refractivity contribution in [1.29, 1.82) is 0 Å². The van der Waals surface area contributed by atoms with Gasteiger partial charge in [-0.2, -0.15) is 0 Å². The third-order valence-corrected chi connectivity index (χ3v) is 5.29. The predicted octanol–water partition coefficient (Wildman–Crippen LogP) is 3.77. The first-order valence-electron chi connectivity index (χ1n) is 9.78. The molecule has 1 aliphatic carbocycles. The van der Waals surface area contributed by atoms with Crippen molar-refractivity contribution in [2.45, 2.75) is 38.3 Å². The Bertz CT molecular complexity index is 1140. The lowest BCUT2D eigenvalue weighted by Crippen LogP contribution is -2.13. The average Bonchev–Trinajstić information content (AvgIpc) is 3.25. The van der Waals surface area contributed by atoms with E-state index in [1.54, 1.807) is 7.11 Å². The van der Waals surface area contributed by atoms with E-state index in [4.69, 9.17) is 9.47 Å². The lowest BCUT2D eigenvalue weighted by atomic mass is 10.1. The number of nitrogens with zero attached hydrogens (tertiary/aromatic N) is 2. The number of rotatable bonds is 7. The number of H-pyrrole nitrogens is 1. The Morgan fingerprint density at radius 3 is 2.80 bits per heavy atom. The molecule has 0 atom stereocenters. The fourth-order valence-corrected chi connectivity index (χ4v) is 3.69. The summed E-state index contributed by atoms with van der Waals surface area (Å²) in [6.07, 6.45) is 5.77. The number of ether oxygens (including phenoxy) is 2. The van der Waals surface area contributed by atoms with Gasteiger partial charge in [0.1, 0.15) is 17.2 Å². The van der Waals surface area contributed by atoms with Crippen molar-refractivity contribution in [1.82, 2.24) is 9.97 Å². The van der Waals surface area contributed by atoms with Crippen LogP contribution < -0.4 is 20.3 Å². The average molecular weight is 410 g/mol. The molecule has 0 aliphatic heterocycles. The summed E-state index contributed by atoms with van der Waals surface area (Å²) < 4.78 is 11.5. The quantitative estimate of drug-likeness (QED) is 0.449. The van der Waals surface area contributed by atoms with Gasteiger partial charge in [0.05, 0.1) is 35.4 Å². The smallest absolute Gasteiger partial charge is 0.293 e. The molecule has 1 fully saturated rings. The van der Waals surface area contributed by atoms with E-state index in [-0.39, 0.29) is 22.9 Å². The lowest BCUT2D eigenvalue weighted by Gasteiger charge is -2.18. The monoisotopic (exact) mass is 410 g/mol. The molecular formula is C21H22N4O5. The van der Waals surface area contributed by atoms with Gasteiger partial charge in [-0.05, 0) is 43.9 Å². The van der Waals surface area contributed by atoms with E-state index in [1.165, 1.54) is 18.5 Å². The third-order valence-electron chi connectivity index (χ3n) is 5.29. The summed E-state index contributed by atoms with van der Waals surface area (Å²) in [5.41, 5.74) is 0.915. The molecule has 9 heteroatoms. The number of aromatic amines is 1. The number of benzene rings is 2. The molecule has 0 spiro atoms. The second-order valence-corrected chi connectivity index (χ2v) is 7.23. The molecule has 1 aliphatic rings. The molecule has 2 aromatic carbocycles. The Morgan fingerprint density at radius 1 is 1.27 bits per heavy atom. The number of aromatic nitrogens is 2. The van der Waals surface area contributed by atoms with Crippen LogP contribution in [0.1, 0.15) is 31.2 Å². The zero-order chi connectivity index (χ0) is 21.1. The van der Waals surface area contributed by atoms with E-state index in [0.717, 1.165) is 31.2 Å². The summed E-state index contributed by atoms with van der Waals surface area (Å²) in [4.78, 5) is 29.5. The van der Waals surface area contributed by atoms with Crippen molar-refractivity contribution in [3.8, 4) is 11.5 Å². The topological polar surface area (TPSA) is 119 Å². The van der Waals surface area contributed by atoms with Crippen molar-refractivity contribution in [3.05, 3.63) is 62.7 Å². The fraction of sp³-hybridized carbons (Fsp3) is 0.333. The maximum Gasteiger partial charge on any atom is 0.293 e. The zero-order valence-corrected chi connectivity index (χ0v) is 16.5. The minimum Gasteiger partial charge on any atom is -0.497 e. The molecule has 0 bridgehead atoms. The van der Waals surface area contributed by atoms with Gasteiger partial charge in [-0.1, -0.05) is 0 Å². The van der Waals surface area contributed by atoms with Crippen molar-refractivity contribution in [2.75, 3.05) is 12.4 Å². The number of anilines is 1. The van der Waals surface area contributed by atoms with Gasteiger partial charge in [-0.25, -0.2) is 4.98 Å². The lowest BCUT2D eigenvalue weighted by molar-refractivity contribution is -0.383. The van der Waals surface area contributed by atoms with Gasteiger partial charge in [0.2, 0.25) is 0 Å². The summed E-state index contributed by atoms with van der Waals surface area (Å²) in [6.45, 7) is 0.307. The van der Waals surface area contributed by atoms with Crippen LogP contribution in [0.2, 0.25) is 0 Å². The summed E-state index contributed by atoms with van der Waals surface area (Å²) >= 11 is 0. The number of fused-ring (bicyclic) bond motifs is 1. The van der Waals surface area contributed by atoms with Crippen LogP contribution in [0.15, 0.2) is 41.5 Å². The third kappa shape index (κ3) is 4.05. The second-order valence-electron chi connectivity index (χ2n) is 7.23. The summed E-state index contributed by atoms with van der Waals surface area (Å²) in [5, 5.41) is 14.8. The molecule has 1 saturated carbocycles. The van der Waals surface area contributed by atoms with Crippen LogP contribution in [-0.4, -0.2) is 28.1 Å². The summed E-state index contributed by atoms with van der Waals surface area (Å²) in [6, 6.07) is 8.31. The van der Waals surface area contributed by atoms with Gasteiger partial charge >= 0.3 is 0 Å². The maximum atomic E-state index is 11.9. The minimum atomic E-state index is -0.516. The summed E-state index contributed by atoms with van der Waals surface area (Å²) in [7, 11) is 1.60. The number of nitrogens with one attached hydrogen (secondary N) is 2. The van der Waals surface area contributed by atoms with E-state index >= 15 is 0 Å². The molecule has 2 N–H and O–H groups in total. The molecule has 0 unspecified atom stereocenters. The van der Waals surface area contributed by atoms with Crippen LogP contribution in [0.5, 0.6) is 11.5 Å².